The molecule has 1 aliphatic heterocycles. The number of rotatable bonds is 5. The van der Waals surface area contributed by atoms with Crippen LogP contribution in [0.2, 0.25) is 0 Å². The average Bonchev–Trinajstić information content (AvgIpc) is 2.95. The molecule has 2 aromatic heterocycles. The zero-order valence-corrected chi connectivity index (χ0v) is 15.1. The molecule has 0 saturated carbocycles. The van der Waals surface area contributed by atoms with Crippen molar-refractivity contribution < 1.29 is 10.2 Å². The summed E-state index contributed by atoms with van der Waals surface area (Å²) in [6.07, 6.45) is 3.81. The maximum absolute atomic E-state index is 10.7. The van der Waals surface area contributed by atoms with Crippen LogP contribution in [0.15, 0.2) is 42.7 Å². The molecular weight excluding hydrogens is 326 g/mol. The highest BCUT2D eigenvalue weighted by Gasteiger charge is 2.25. The SMILES string of the molecule is Cc1ccc2c(c1)c1c(n2CC(O)c2cccnc2)CCN(CCO)C1. The van der Waals surface area contributed by atoms with E-state index in [2.05, 4.69) is 39.6 Å². The van der Waals surface area contributed by atoms with Gasteiger partial charge in [0, 0.05) is 60.6 Å². The Morgan fingerprint density at radius 1 is 1.27 bits per heavy atom. The first-order valence-electron chi connectivity index (χ1n) is 9.19. The lowest BCUT2D eigenvalue weighted by Crippen LogP contribution is -2.33. The third-order valence-corrected chi connectivity index (χ3v) is 5.33. The van der Waals surface area contributed by atoms with E-state index in [0.717, 1.165) is 25.1 Å². The molecule has 5 heteroatoms. The molecule has 0 bridgehead atoms. The lowest BCUT2D eigenvalue weighted by Gasteiger charge is -2.27. The first-order chi connectivity index (χ1) is 12.7. The highest BCUT2D eigenvalue weighted by Crippen LogP contribution is 2.33. The minimum absolute atomic E-state index is 0.187. The molecule has 0 aliphatic carbocycles. The van der Waals surface area contributed by atoms with Gasteiger partial charge in [-0.2, -0.15) is 0 Å². The van der Waals surface area contributed by atoms with Crippen LogP contribution >= 0.6 is 0 Å². The smallest absolute Gasteiger partial charge is 0.0983 e. The van der Waals surface area contributed by atoms with Gasteiger partial charge in [-0.15, -0.1) is 0 Å². The van der Waals surface area contributed by atoms with Gasteiger partial charge in [-0.3, -0.25) is 9.88 Å². The lowest BCUT2D eigenvalue weighted by atomic mass is 10.0. The fourth-order valence-electron chi connectivity index (χ4n) is 4.01. The molecule has 0 spiro atoms. The fraction of sp³-hybridized carbons (Fsp3) is 0.381. The maximum Gasteiger partial charge on any atom is 0.0983 e. The molecule has 4 rings (SSSR count). The number of aryl methyl sites for hydroxylation is 1. The van der Waals surface area contributed by atoms with E-state index >= 15 is 0 Å². The van der Waals surface area contributed by atoms with Crippen molar-refractivity contribution in [2.75, 3.05) is 19.7 Å². The minimum Gasteiger partial charge on any atom is -0.395 e. The second kappa shape index (κ2) is 7.19. The van der Waals surface area contributed by atoms with E-state index in [1.165, 1.54) is 27.7 Å². The number of pyridine rings is 1. The maximum atomic E-state index is 10.7. The summed E-state index contributed by atoms with van der Waals surface area (Å²) in [4.78, 5) is 6.42. The van der Waals surface area contributed by atoms with E-state index < -0.39 is 6.10 Å². The number of aliphatic hydroxyl groups excluding tert-OH is 2. The summed E-state index contributed by atoms with van der Waals surface area (Å²) < 4.78 is 2.28. The Morgan fingerprint density at radius 3 is 2.92 bits per heavy atom. The van der Waals surface area contributed by atoms with E-state index in [4.69, 9.17) is 0 Å². The third kappa shape index (κ3) is 3.14. The van der Waals surface area contributed by atoms with Crippen molar-refractivity contribution in [3.63, 3.8) is 0 Å². The summed E-state index contributed by atoms with van der Waals surface area (Å²) in [6.45, 7) is 5.32. The molecule has 26 heavy (non-hydrogen) atoms. The Bertz CT molecular complexity index is 905. The minimum atomic E-state index is -0.583. The van der Waals surface area contributed by atoms with Crippen LogP contribution in [-0.4, -0.2) is 44.4 Å². The van der Waals surface area contributed by atoms with Crippen LogP contribution in [0, 0.1) is 6.92 Å². The predicted molar refractivity (Wildman–Crippen MR) is 102 cm³/mol. The molecule has 1 atom stereocenters. The molecule has 2 N–H and O–H groups in total. The number of nitrogens with zero attached hydrogens (tertiary/aromatic N) is 3. The van der Waals surface area contributed by atoms with Crippen LogP contribution in [0.4, 0.5) is 0 Å². The van der Waals surface area contributed by atoms with E-state index in [0.29, 0.717) is 13.1 Å². The zero-order valence-electron chi connectivity index (χ0n) is 15.1. The van der Waals surface area contributed by atoms with Gasteiger partial charge in [0.05, 0.1) is 19.3 Å². The number of β-amino-alcohol motifs (C(OH)–C–C–N with tert-alkyl or cyclic N) is 1. The Labute approximate surface area is 153 Å². The van der Waals surface area contributed by atoms with Gasteiger partial charge in [0.25, 0.3) is 0 Å². The van der Waals surface area contributed by atoms with Gasteiger partial charge >= 0.3 is 0 Å². The number of hydrogen-bond donors (Lipinski definition) is 2. The number of aromatic nitrogens is 2. The van der Waals surface area contributed by atoms with Gasteiger partial charge in [0.15, 0.2) is 0 Å². The predicted octanol–water partition coefficient (Wildman–Crippen LogP) is 2.43. The topological polar surface area (TPSA) is 61.5 Å². The number of aliphatic hydroxyl groups is 2. The van der Waals surface area contributed by atoms with Crippen molar-refractivity contribution in [1.29, 1.82) is 0 Å². The van der Waals surface area contributed by atoms with Crippen molar-refractivity contribution in [3.8, 4) is 0 Å². The summed E-state index contributed by atoms with van der Waals surface area (Å²) in [5.41, 5.74) is 5.90. The molecule has 1 aliphatic rings. The van der Waals surface area contributed by atoms with Crippen molar-refractivity contribution >= 4 is 10.9 Å². The summed E-state index contributed by atoms with van der Waals surface area (Å²) in [5.74, 6) is 0. The number of benzene rings is 1. The molecular formula is C21H25N3O2. The largest absolute Gasteiger partial charge is 0.395 e. The Balaban J connectivity index is 1.75. The highest BCUT2D eigenvalue weighted by molar-refractivity contribution is 5.86. The summed E-state index contributed by atoms with van der Waals surface area (Å²) >= 11 is 0. The monoisotopic (exact) mass is 351 g/mol. The Morgan fingerprint density at radius 2 is 2.15 bits per heavy atom. The quantitative estimate of drug-likeness (QED) is 0.741. The summed E-state index contributed by atoms with van der Waals surface area (Å²) in [5, 5.41) is 21.3. The van der Waals surface area contributed by atoms with Crippen molar-refractivity contribution in [1.82, 2.24) is 14.5 Å². The first kappa shape index (κ1) is 17.2. The van der Waals surface area contributed by atoms with Crippen molar-refractivity contribution in [3.05, 3.63) is 65.1 Å². The zero-order chi connectivity index (χ0) is 18.1. The van der Waals surface area contributed by atoms with Gasteiger partial charge in [0.2, 0.25) is 0 Å². The van der Waals surface area contributed by atoms with Crippen LogP contribution < -0.4 is 0 Å². The van der Waals surface area contributed by atoms with E-state index in [9.17, 15) is 10.2 Å². The molecule has 1 aromatic carbocycles. The van der Waals surface area contributed by atoms with E-state index in [1.807, 2.05) is 12.1 Å². The summed E-state index contributed by atoms with van der Waals surface area (Å²) in [7, 11) is 0. The molecule has 5 nitrogen and oxygen atoms in total. The molecule has 0 amide bonds. The fourth-order valence-corrected chi connectivity index (χ4v) is 4.01. The average molecular weight is 351 g/mol. The van der Waals surface area contributed by atoms with Crippen LogP contribution in [0.25, 0.3) is 10.9 Å². The molecule has 1 unspecified atom stereocenters. The second-order valence-corrected chi connectivity index (χ2v) is 7.11. The van der Waals surface area contributed by atoms with Crippen LogP contribution in [0.5, 0.6) is 0 Å². The van der Waals surface area contributed by atoms with Crippen LogP contribution in [0.1, 0.15) is 28.5 Å². The Kier molecular flexibility index (Phi) is 4.76. The van der Waals surface area contributed by atoms with Crippen LogP contribution in [-0.2, 0) is 19.5 Å². The summed E-state index contributed by atoms with van der Waals surface area (Å²) in [6, 6.07) is 10.3. The molecule has 0 saturated heterocycles. The van der Waals surface area contributed by atoms with E-state index in [1.54, 1.807) is 12.4 Å². The molecule has 0 fully saturated rings. The molecule has 136 valence electrons. The van der Waals surface area contributed by atoms with Gasteiger partial charge in [-0.05, 0) is 30.7 Å². The molecule has 3 heterocycles. The van der Waals surface area contributed by atoms with Gasteiger partial charge in [0.1, 0.15) is 0 Å². The molecule has 3 aromatic rings. The number of hydrogen-bond acceptors (Lipinski definition) is 4. The van der Waals surface area contributed by atoms with Crippen LogP contribution in [0.3, 0.4) is 0 Å². The standard InChI is InChI=1S/C21H25N3O2/c1-15-4-5-19-17(11-15)18-13-23(9-10-25)8-6-20(18)24(19)14-21(26)16-3-2-7-22-12-16/h2-5,7,11-12,21,25-26H,6,8-10,13-14H2,1H3. The Hall–Kier alpha value is -2.21. The van der Waals surface area contributed by atoms with Crippen molar-refractivity contribution in [2.24, 2.45) is 0 Å². The third-order valence-electron chi connectivity index (χ3n) is 5.33. The number of fused-ring (bicyclic) bond motifs is 3. The normalized spacial score (nSPS) is 16.0. The second-order valence-electron chi connectivity index (χ2n) is 7.11. The first-order valence-corrected chi connectivity index (χ1v) is 9.19. The molecule has 0 radical (unpaired) electrons. The van der Waals surface area contributed by atoms with E-state index in [-0.39, 0.29) is 6.61 Å². The highest BCUT2D eigenvalue weighted by atomic mass is 16.3. The van der Waals surface area contributed by atoms with Gasteiger partial charge in [-0.25, -0.2) is 0 Å². The van der Waals surface area contributed by atoms with Gasteiger partial charge in [-0.1, -0.05) is 17.7 Å². The van der Waals surface area contributed by atoms with Gasteiger partial charge < -0.3 is 14.8 Å². The van der Waals surface area contributed by atoms with Crippen molar-refractivity contribution in [2.45, 2.75) is 32.5 Å². The lowest BCUT2D eigenvalue weighted by molar-refractivity contribution is 0.153.